The van der Waals surface area contributed by atoms with Crippen LogP contribution in [-0.4, -0.2) is 75.1 Å². The Morgan fingerprint density at radius 2 is 1.69 bits per heavy atom. The number of nitro benzene ring substituents is 1. The molecule has 3 aromatic rings. The molecule has 5 aliphatic rings. The van der Waals surface area contributed by atoms with E-state index in [-0.39, 0.29) is 27.9 Å². The molecule has 0 radical (unpaired) electrons. The lowest BCUT2D eigenvalue weighted by atomic mass is 9.44. The molecule has 4 atom stereocenters. The third-order valence-corrected chi connectivity index (χ3v) is 14.5. The molecule has 2 saturated heterocycles. The summed E-state index contributed by atoms with van der Waals surface area (Å²) >= 11 is 0. The van der Waals surface area contributed by atoms with E-state index in [2.05, 4.69) is 70.9 Å². The monoisotopic (exact) mass is 757 g/mol. The molecule has 3 aliphatic carbocycles. The van der Waals surface area contributed by atoms with E-state index < -0.39 is 20.9 Å². The summed E-state index contributed by atoms with van der Waals surface area (Å²) in [6.07, 6.45) is 8.46. The number of rotatable bonds is 13. The molecule has 12 heteroatoms. The summed E-state index contributed by atoms with van der Waals surface area (Å²) in [6, 6.07) is 22.6. The molecule has 1 amide bonds. The van der Waals surface area contributed by atoms with Gasteiger partial charge in [-0.05, 0) is 123 Å². The highest BCUT2D eigenvalue weighted by Crippen LogP contribution is 2.62. The normalized spacial score (nSPS) is 24.5. The van der Waals surface area contributed by atoms with Gasteiger partial charge in [-0.3, -0.25) is 19.8 Å². The minimum Gasteiger partial charge on any atom is -0.381 e. The average Bonchev–Trinajstić information content (AvgIpc) is 3.17. The van der Waals surface area contributed by atoms with E-state index in [1.54, 1.807) is 12.1 Å². The van der Waals surface area contributed by atoms with E-state index in [0.717, 1.165) is 68.9 Å². The van der Waals surface area contributed by atoms with E-state index in [1.165, 1.54) is 30.5 Å². The predicted molar refractivity (Wildman–Crippen MR) is 211 cm³/mol. The maximum atomic E-state index is 13.2. The highest BCUT2D eigenvalue weighted by Gasteiger charge is 2.57. The van der Waals surface area contributed by atoms with Gasteiger partial charge in [0.15, 0.2) is 0 Å². The second kappa shape index (κ2) is 16.0. The van der Waals surface area contributed by atoms with Crippen LogP contribution in [0.5, 0.6) is 0 Å². The minimum absolute atomic E-state index is 0.0116. The van der Waals surface area contributed by atoms with Crippen molar-refractivity contribution in [1.29, 1.82) is 0 Å². The number of aryl methyl sites for hydroxylation is 1. The van der Waals surface area contributed by atoms with Gasteiger partial charge in [-0.15, -0.1) is 0 Å². The SMILES string of the molecule is C[C@@H]1[C@@H](N(CCCc2ccccc2)C2CCN(c3ccc(C(=O)NS(=O)(=O)c4ccc(NC5CCOCC5)c([N+](=O)[O-])c4)cc3)CC2)C[C@H]2C[C@@H]1C2(C)C. The first-order valence-electron chi connectivity index (χ1n) is 19.8. The van der Waals surface area contributed by atoms with Crippen LogP contribution in [0.25, 0.3) is 0 Å². The van der Waals surface area contributed by atoms with Crippen LogP contribution in [0.2, 0.25) is 0 Å². The zero-order valence-corrected chi connectivity index (χ0v) is 32.6. The van der Waals surface area contributed by atoms with Crippen LogP contribution in [0.4, 0.5) is 17.1 Å². The van der Waals surface area contributed by atoms with E-state index in [0.29, 0.717) is 49.5 Å². The van der Waals surface area contributed by atoms with Crippen molar-refractivity contribution in [2.45, 2.75) is 95.2 Å². The fourth-order valence-electron chi connectivity index (χ4n) is 9.82. The standard InChI is InChI=1S/C42H55N5O6S/c1-29-37-26-32(42(37,2)3)27-39(29)46(21-7-10-30-8-5-4-6-9-30)35-17-22-45(23-18-35)34-13-11-31(12-14-34)41(48)44-54(51,52)36-15-16-38(40(28-36)47(49)50)43-33-19-24-53-25-20-33/h4-6,8-9,11-16,28-29,32-33,35,37,39,43H,7,10,17-27H2,1-3H3,(H,44,48)/t29-,32+,37-,39-/m0/s1. The fourth-order valence-corrected chi connectivity index (χ4v) is 10.8. The van der Waals surface area contributed by atoms with Gasteiger partial charge in [0.05, 0.1) is 9.82 Å². The Labute approximate surface area is 320 Å². The number of hydrogen-bond donors (Lipinski definition) is 2. The molecular weight excluding hydrogens is 703 g/mol. The van der Waals surface area contributed by atoms with Gasteiger partial charge in [-0.25, -0.2) is 13.1 Å². The largest absolute Gasteiger partial charge is 0.381 e. The van der Waals surface area contributed by atoms with E-state index >= 15 is 0 Å². The molecular formula is C42H55N5O6S. The highest BCUT2D eigenvalue weighted by molar-refractivity contribution is 7.90. The molecule has 54 heavy (non-hydrogen) atoms. The number of nitrogens with zero attached hydrogens (tertiary/aromatic N) is 3. The molecule has 0 aromatic heterocycles. The van der Waals surface area contributed by atoms with Crippen molar-refractivity contribution in [1.82, 2.24) is 9.62 Å². The minimum atomic E-state index is -4.37. The molecule has 2 N–H and O–H groups in total. The van der Waals surface area contributed by atoms with Crippen molar-refractivity contribution < 1.29 is 22.9 Å². The van der Waals surface area contributed by atoms with Crippen molar-refractivity contribution in [2.75, 3.05) is 43.1 Å². The van der Waals surface area contributed by atoms with Crippen LogP contribution in [0.3, 0.4) is 0 Å². The van der Waals surface area contributed by atoms with Crippen LogP contribution in [-0.2, 0) is 21.2 Å². The van der Waals surface area contributed by atoms with Crippen LogP contribution in [0.15, 0.2) is 77.7 Å². The summed E-state index contributed by atoms with van der Waals surface area (Å²) in [6.45, 7) is 11.5. The van der Waals surface area contributed by atoms with Crippen molar-refractivity contribution >= 4 is 33.0 Å². The number of sulfonamides is 1. The number of anilines is 2. The lowest BCUT2D eigenvalue weighted by molar-refractivity contribution is -0.384. The molecule has 8 rings (SSSR count). The Bertz CT molecular complexity index is 1890. The van der Waals surface area contributed by atoms with Gasteiger partial charge in [0.2, 0.25) is 0 Å². The number of nitrogens with one attached hydrogen (secondary N) is 2. The number of fused-ring (bicyclic) bond motifs is 2. The fraction of sp³-hybridized carbons (Fsp3) is 0.548. The molecule has 2 bridgehead atoms. The van der Waals surface area contributed by atoms with Crippen LogP contribution < -0.4 is 14.9 Å². The van der Waals surface area contributed by atoms with E-state index in [4.69, 9.17) is 4.74 Å². The number of piperidine rings is 1. The van der Waals surface area contributed by atoms with E-state index in [1.807, 2.05) is 12.1 Å². The number of amides is 1. The van der Waals surface area contributed by atoms with Gasteiger partial charge in [0.25, 0.3) is 21.6 Å². The second-order valence-corrected chi connectivity index (χ2v) is 18.2. The van der Waals surface area contributed by atoms with Crippen LogP contribution >= 0.6 is 0 Å². The van der Waals surface area contributed by atoms with Crippen molar-refractivity contribution in [3.05, 3.63) is 94.0 Å². The zero-order chi connectivity index (χ0) is 38.0. The molecule has 0 unspecified atom stereocenters. The topological polar surface area (TPSA) is 134 Å². The quantitative estimate of drug-likeness (QED) is 0.136. The second-order valence-electron chi connectivity index (χ2n) is 16.5. The first kappa shape index (κ1) is 38.3. The highest BCUT2D eigenvalue weighted by atomic mass is 32.2. The molecule has 2 heterocycles. The van der Waals surface area contributed by atoms with Gasteiger partial charge in [-0.1, -0.05) is 51.1 Å². The Kier molecular flexibility index (Phi) is 11.3. The van der Waals surface area contributed by atoms with Crippen LogP contribution in [0, 0.1) is 33.3 Å². The number of hydrogen-bond acceptors (Lipinski definition) is 9. The number of carbonyl (C=O) groups excluding carboxylic acids is 1. The lowest BCUT2D eigenvalue weighted by Gasteiger charge is -2.64. The van der Waals surface area contributed by atoms with Crippen molar-refractivity contribution in [3.8, 4) is 0 Å². The summed E-state index contributed by atoms with van der Waals surface area (Å²) in [5.74, 6) is 1.51. The maximum absolute atomic E-state index is 13.2. The average molecular weight is 758 g/mol. The molecule has 2 aliphatic heterocycles. The predicted octanol–water partition coefficient (Wildman–Crippen LogP) is 7.28. The number of nitro groups is 1. The molecule has 0 spiro atoms. The molecule has 290 valence electrons. The molecule has 3 aromatic carbocycles. The van der Waals surface area contributed by atoms with Gasteiger partial charge in [0, 0.05) is 61.7 Å². The summed E-state index contributed by atoms with van der Waals surface area (Å²) < 4.78 is 33.9. The molecule has 11 nitrogen and oxygen atoms in total. The number of carbonyl (C=O) groups is 1. The molecule has 3 saturated carbocycles. The summed E-state index contributed by atoms with van der Waals surface area (Å²) in [7, 11) is -4.37. The van der Waals surface area contributed by atoms with E-state index in [9.17, 15) is 23.3 Å². The number of benzene rings is 3. The first-order chi connectivity index (χ1) is 25.9. The summed E-state index contributed by atoms with van der Waals surface area (Å²) in [4.78, 5) is 29.3. The smallest absolute Gasteiger partial charge is 0.293 e. The van der Waals surface area contributed by atoms with Crippen molar-refractivity contribution in [3.63, 3.8) is 0 Å². The number of ether oxygens (including phenoxy) is 1. The maximum Gasteiger partial charge on any atom is 0.293 e. The van der Waals surface area contributed by atoms with Gasteiger partial charge >= 0.3 is 0 Å². The Morgan fingerprint density at radius 1 is 0.981 bits per heavy atom. The van der Waals surface area contributed by atoms with Crippen molar-refractivity contribution in [2.24, 2.45) is 23.2 Å². The zero-order valence-electron chi connectivity index (χ0n) is 31.8. The Balaban J connectivity index is 0.966. The Morgan fingerprint density at radius 3 is 2.33 bits per heavy atom. The van der Waals surface area contributed by atoms with Gasteiger partial charge in [0.1, 0.15) is 5.69 Å². The van der Waals surface area contributed by atoms with Crippen LogP contribution in [0.1, 0.15) is 81.6 Å². The first-order valence-corrected chi connectivity index (χ1v) is 21.2. The summed E-state index contributed by atoms with van der Waals surface area (Å²) in [5, 5.41) is 15.0. The Hall–Kier alpha value is -4.00. The third-order valence-electron chi connectivity index (χ3n) is 13.2. The third kappa shape index (κ3) is 8.16. The lowest BCUT2D eigenvalue weighted by Crippen LogP contribution is -2.63. The summed E-state index contributed by atoms with van der Waals surface area (Å²) in [5.41, 5.74) is 2.92. The molecule has 5 fully saturated rings. The van der Waals surface area contributed by atoms with Gasteiger partial charge in [-0.2, -0.15) is 0 Å². The van der Waals surface area contributed by atoms with Gasteiger partial charge < -0.3 is 15.0 Å².